The van der Waals surface area contributed by atoms with Gasteiger partial charge in [0, 0.05) is 19.6 Å². The van der Waals surface area contributed by atoms with Crippen LogP contribution in [0.3, 0.4) is 0 Å². The Bertz CT molecular complexity index is 570. The highest BCUT2D eigenvalue weighted by Crippen LogP contribution is 2.25. The number of ether oxygens (including phenoxy) is 2. The summed E-state index contributed by atoms with van der Waals surface area (Å²) in [6.07, 6.45) is 5.29. The third-order valence-corrected chi connectivity index (χ3v) is 5.06. The summed E-state index contributed by atoms with van der Waals surface area (Å²) in [7, 11) is 0. The van der Waals surface area contributed by atoms with Gasteiger partial charge < -0.3 is 14.8 Å². The molecule has 2 aliphatic rings. The fourth-order valence-electron chi connectivity index (χ4n) is 3.52. The quantitative estimate of drug-likeness (QED) is 0.769. The molecular formula is C20H30N2O3. The number of morpholine rings is 1. The van der Waals surface area contributed by atoms with Crippen LogP contribution in [0.2, 0.25) is 0 Å². The topological polar surface area (TPSA) is 50.8 Å². The number of fused-ring (bicyclic) bond motifs is 1. The monoisotopic (exact) mass is 346 g/mol. The van der Waals surface area contributed by atoms with Gasteiger partial charge in [0.1, 0.15) is 5.75 Å². The third-order valence-electron chi connectivity index (χ3n) is 5.06. The van der Waals surface area contributed by atoms with Crippen molar-refractivity contribution in [3.05, 3.63) is 29.3 Å². The van der Waals surface area contributed by atoms with E-state index in [9.17, 15) is 4.79 Å². The van der Waals surface area contributed by atoms with E-state index < -0.39 is 6.10 Å². The smallest absolute Gasteiger partial charge is 0.260 e. The summed E-state index contributed by atoms with van der Waals surface area (Å²) in [5.74, 6) is 0.760. The molecule has 0 spiro atoms. The molecule has 1 atom stereocenters. The zero-order valence-electron chi connectivity index (χ0n) is 15.3. The van der Waals surface area contributed by atoms with Crippen LogP contribution in [0.5, 0.6) is 5.75 Å². The van der Waals surface area contributed by atoms with Crippen molar-refractivity contribution in [1.82, 2.24) is 10.2 Å². The Morgan fingerprint density at radius 1 is 1.24 bits per heavy atom. The Kier molecular flexibility index (Phi) is 6.70. The Balaban J connectivity index is 1.38. The molecule has 1 aromatic carbocycles. The average molecular weight is 346 g/mol. The van der Waals surface area contributed by atoms with Gasteiger partial charge in [-0.15, -0.1) is 0 Å². The van der Waals surface area contributed by atoms with Crippen LogP contribution < -0.4 is 10.1 Å². The molecule has 5 nitrogen and oxygen atoms in total. The van der Waals surface area contributed by atoms with E-state index >= 15 is 0 Å². The van der Waals surface area contributed by atoms with Gasteiger partial charge in [0.05, 0.1) is 13.2 Å². The molecule has 1 aliphatic carbocycles. The molecule has 138 valence electrons. The van der Waals surface area contributed by atoms with Gasteiger partial charge in [-0.3, -0.25) is 9.69 Å². The molecule has 0 unspecified atom stereocenters. The summed E-state index contributed by atoms with van der Waals surface area (Å²) in [4.78, 5) is 14.6. The van der Waals surface area contributed by atoms with Crippen LogP contribution >= 0.6 is 0 Å². The minimum atomic E-state index is -0.468. The summed E-state index contributed by atoms with van der Waals surface area (Å²) >= 11 is 0. The number of carbonyl (C=O) groups is 1. The second-order valence-corrected chi connectivity index (χ2v) is 7.00. The van der Waals surface area contributed by atoms with E-state index in [0.29, 0.717) is 6.54 Å². The van der Waals surface area contributed by atoms with E-state index in [4.69, 9.17) is 9.47 Å². The molecule has 1 fully saturated rings. The van der Waals surface area contributed by atoms with Gasteiger partial charge in [-0.05, 0) is 68.8 Å². The Morgan fingerprint density at radius 3 is 2.80 bits per heavy atom. The van der Waals surface area contributed by atoms with Crippen LogP contribution in [-0.2, 0) is 22.4 Å². The third kappa shape index (κ3) is 5.44. The van der Waals surface area contributed by atoms with Crippen LogP contribution in [0.4, 0.5) is 0 Å². The number of carbonyl (C=O) groups excluding carboxylic acids is 1. The zero-order valence-corrected chi connectivity index (χ0v) is 15.3. The molecule has 1 aromatic rings. The first-order valence-electron chi connectivity index (χ1n) is 9.58. The second kappa shape index (κ2) is 9.20. The summed E-state index contributed by atoms with van der Waals surface area (Å²) in [5, 5.41) is 2.98. The summed E-state index contributed by atoms with van der Waals surface area (Å²) in [6, 6.07) is 6.25. The van der Waals surface area contributed by atoms with Crippen LogP contribution in [0.25, 0.3) is 0 Å². The van der Waals surface area contributed by atoms with Gasteiger partial charge >= 0.3 is 0 Å². The lowest BCUT2D eigenvalue weighted by Gasteiger charge is -2.26. The molecule has 1 amide bonds. The van der Waals surface area contributed by atoms with E-state index in [-0.39, 0.29) is 5.91 Å². The Labute approximate surface area is 150 Å². The van der Waals surface area contributed by atoms with E-state index in [1.807, 2.05) is 13.0 Å². The maximum atomic E-state index is 12.2. The molecule has 0 radical (unpaired) electrons. The summed E-state index contributed by atoms with van der Waals surface area (Å²) < 4.78 is 11.2. The number of amides is 1. The predicted molar refractivity (Wildman–Crippen MR) is 98.1 cm³/mol. The van der Waals surface area contributed by atoms with Crippen molar-refractivity contribution in [3.8, 4) is 5.75 Å². The first-order chi connectivity index (χ1) is 12.2. The molecule has 0 saturated carbocycles. The van der Waals surface area contributed by atoms with Crippen molar-refractivity contribution in [3.63, 3.8) is 0 Å². The van der Waals surface area contributed by atoms with Crippen LogP contribution in [-0.4, -0.2) is 56.3 Å². The normalized spacial score (nSPS) is 19.1. The van der Waals surface area contributed by atoms with E-state index in [2.05, 4.69) is 22.3 Å². The molecule has 25 heavy (non-hydrogen) atoms. The van der Waals surface area contributed by atoms with Crippen LogP contribution in [0.1, 0.15) is 37.3 Å². The van der Waals surface area contributed by atoms with Gasteiger partial charge in [0.25, 0.3) is 5.91 Å². The number of hydrogen-bond donors (Lipinski definition) is 1. The predicted octanol–water partition coefficient (Wildman–Crippen LogP) is 2.17. The second-order valence-electron chi connectivity index (χ2n) is 7.00. The molecular weight excluding hydrogens is 316 g/mol. The average Bonchev–Trinajstić information content (AvgIpc) is 2.65. The minimum absolute atomic E-state index is 0.0419. The largest absolute Gasteiger partial charge is 0.481 e. The van der Waals surface area contributed by atoms with Gasteiger partial charge in [0.15, 0.2) is 6.10 Å². The van der Waals surface area contributed by atoms with Gasteiger partial charge in [-0.25, -0.2) is 0 Å². The molecule has 3 rings (SSSR count). The molecule has 1 N–H and O–H groups in total. The fourth-order valence-corrected chi connectivity index (χ4v) is 3.52. The number of aryl methyl sites for hydroxylation is 2. The van der Waals surface area contributed by atoms with Crippen LogP contribution in [0, 0.1) is 0 Å². The van der Waals surface area contributed by atoms with Crippen molar-refractivity contribution in [2.75, 3.05) is 39.4 Å². The maximum absolute atomic E-state index is 12.2. The lowest BCUT2D eigenvalue weighted by molar-refractivity contribution is -0.127. The van der Waals surface area contributed by atoms with Crippen molar-refractivity contribution in [1.29, 1.82) is 0 Å². The standard InChI is InChI=1S/C20H30N2O3/c1-16(20(23)21-9-4-10-22-11-13-24-14-12-22)25-19-8-7-17-5-2-3-6-18(17)15-19/h7-8,15-16H,2-6,9-14H2,1H3,(H,21,23)/t16-/m1/s1. The number of rotatable bonds is 7. The van der Waals surface area contributed by atoms with Gasteiger partial charge in [-0.1, -0.05) is 6.07 Å². The van der Waals surface area contributed by atoms with Gasteiger partial charge in [0.2, 0.25) is 0 Å². The van der Waals surface area contributed by atoms with E-state index in [0.717, 1.165) is 57.9 Å². The van der Waals surface area contributed by atoms with E-state index in [1.54, 1.807) is 0 Å². The zero-order chi connectivity index (χ0) is 17.5. The lowest BCUT2D eigenvalue weighted by Crippen LogP contribution is -2.40. The number of nitrogens with zero attached hydrogens (tertiary/aromatic N) is 1. The number of benzene rings is 1. The van der Waals surface area contributed by atoms with Crippen LogP contribution in [0.15, 0.2) is 18.2 Å². The summed E-state index contributed by atoms with van der Waals surface area (Å²) in [6.45, 7) is 7.13. The van der Waals surface area contributed by atoms with Gasteiger partial charge in [-0.2, -0.15) is 0 Å². The highest BCUT2D eigenvalue weighted by atomic mass is 16.5. The molecule has 0 bridgehead atoms. The first kappa shape index (κ1) is 18.2. The Hall–Kier alpha value is -1.59. The highest BCUT2D eigenvalue weighted by Gasteiger charge is 2.16. The fraction of sp³-hybridized carbons (Fsp3) is 0.650. The van der Waals surface area contributed by atoms with E-state index in [1.165, 1.54) is 24.0 Å². The van der Waals surface area contributed by atoms with Crippen molar-refractivity contribution >= 4 is 5.91 Å². The number of hydrogen-bond acceptors (Lipinski definition) is 4. The van der Waals surface area contributed by atoms with Crippen molar-refractivity contribution < 1.29 is 14.3 Å². The molecule has 1 saturated heterocycles. The van der Waals surface area contributed by atoms with Crippen molar-refractivity contribution in [2.45, 2.75) is 45.1 Å². The lowest BCUT2D eigenvalue weighted by atomic mass is 9.92. The molecule has 0 aromatic heterocycles. The first-order valence-corrected chi connectivity index (χ1v) is 9.58. The molecule has 1 aliphatic heterocycles. The highest BCUT2D eigenvalue weighted by molar-refractivity contribution is 5.80. The summed E-state index contributed by atoms with van der Waals surface area (Å²) in [5.41, 5.74) is 2.81. The molecule has 5 heteroatoms. The number of nitrogens with one attached hydrogen (secondary N) is 1. The molecule has 1 heterocycles. The SMILES string of the molecule is C[C@@H](Oc1ccc2c(c1)CCCC2)C(=O)NCCCN1CCOCC1. The Morgan fingerprint density at radius 2 is 2.00 bits per heavy atom. The van der Waals surface area contributed by atoms with Crippen molar-refractivity contribution in [2.24, 2.45) is 0 Å². The maximum Gasteiger partial charge on any atom is 0.260 e. The minimum Gasteiger partial charge on any atom is -0.481 e.